The number of nitroso groups, excluding NO2 is 1. The monoisotopic (exact) mass is 533 g/mol. The molecule has 0 aliphatic carbocycles. The van der Waals surface area contributed by atoms with Crippen LogP contribution in [0.2, 0.25) is 15.1 Å². The van der Waals surface area contributed by atoms with Crippen molar-refractivity contribution in [2.24, 2.45) is 5.18 Å². The van der Waals surface area contributed by atoms with Gasteiger partial charge in [0, 0.05) is 41.5 Å². The zero-order valence-corrected chi connectivity index (χ0v) is 20.4. The minimum absolute atomic E-state index is 0.245. The number of benzene rings is 2. The molecule has 0 saturated heterocycles. The Kier molecular flexibility index (Phi) is 7.85. The molecule has 2 amide bonds. The van der Waals surface area contributed by atoms with Gasteiger partial charge in [-0.05, 0) is 42.8 Å². The van der Waals surface area contributed by atoms with Gasteiger partial charge in [-0.2, -0.15) is 0 Å². The number of nitrogens with zero attached hydrogens (tertiary/aromatic N) is 2. The van der Waals surface area contributed by atoms with E-state index < -0.39 is 11.8 Å². The van der Waals surface area contributed by atoms with Crippen molar-refractivity contribution < 1.29 is 19.1 Å². The summed E-state index contributed by atoms with van der Waals surface area (Å²) in [5, 5.41) is 6.48. The van der Waals surface area contributed by atoms with Crippen LogP contribution in [0, 0.1) is 4.91 Å². The standard InChI is InChI=1S/C24H18Cl3N3O5/c25-14-9-18(26)20(29-12-14)5-7-28-23(31)13-1-3-15(4-2-13)35-22-11-21-17(10-19(22)27)16(6-8-34-21)24(32)30-33/h1-4,9-12,16H,5-8H2,(H,28,31). The highest BCUT2D eigenvalue weighted by Gasteiger charge is 2.30. The normalized spacial score (nSPS) is 14.4. The van der Waals surface area contributed by atoms with E-state index in [4.69, 9.17) is 44.3 Å². The number of carbonyl (C=O) groups is 2. The molecule has 1 unspecified atom stereocenters. The summed E-state index contributed by atoms with van der Waals surface area (Å²) in [7, 11) is 0. The van der Waals surface area contributed by atoms with Gasteiger partial charge >= 0.3 is 0 Å². The number of hydrogen-bond donors (Lipinski definition) is 1. The number of carbonyl (C=O) groups excluding carboxylic acids is 2. The largest absolute Gasteiger partial charge is 0.493 e. The molecule has 3 aromatic rings. The zero-order valence-electron chi connectivity index (χ0n) is 18.1. The first-order valence-electron chi connectivity index (χ1n) is 10.5. The molecule has 8 nitrogen and oxygen atoms in total. The highest BCUT2D eigenvalue weighted by molar-refractivity contribution is 6.34. The molecule has 0 radical (unpaired) electrons. The quantitative estimate of drug-likeness (QED) is 0.375. The van der Waals surface area contributed by atoms with Gasteiger partial charge < -0.3 is 14.8 Å². The molecule has 2 heterocycles. The van der Waals surface area contributed by atoms with Crippen LogP contribution in [0.3, 0.4) is 0 Å². The number of pyridine rings is 1. The number of nitrogens with one attached hydrogen (secondary N) is 1. The molecular weight excluding hydrogens is 517 g/mol. The fourth-order valence-electron chi connectivity index (χ4n) is 3.61. The van der Waals surface area contributed by atoms with Gasteiger partial charge in [-0.25, -0.2) is 0 Å². The Morgan fingerprint density at radius 3 is 2.60 bits per heavy atom. The molecule has 4 rings (SSSR count). The Hall–Kier alpha value is -3.20. The van der Waals surface area contributed by atoms with E-state index in [1.807, 2.05) is 0 Å². The van der Waals surface area contributed by atoms with E-state index >= 15 is 0 Å². The summed E-state index contributed by atoms with van der Waals surface area (Å²) >= 11 is 18.3. The number of amides is 2. The van der Waals surface area contributed by atoms with E-state index in [2.05, 4.69) is 15.5 Å². The van der Waals surface area contributed by atoms with Crippen molar-refractivity contribution in [1.29, 1.82) is 0 Å². The highest BCUT2D eigenvalue weighted by Crippen LogP contribution is 2.42. The van der Waals surface area contributed by atoms with Crippen molar-refractivity contribution in [3.05, 3.63) is 85.5 Å². The van der Waals surface area contributed by atoms with Crippen LogP contribution in [0.4, 0.5) is 0 Å². The van der Waals surface area contributed by atoms with Gasteiger partial charge in [-0.1, -0.05) is 34.8 Å². The fraction of sp³-hybridized carbons (Fsp3) is 0.208. The molecule has 0 bridgehead atoms. The first kappa shape index (κ1) is 24.9. The average molecular weight is 535 g/mol. The van der Waals surface area contributed by atoms with Crippen LogP contribution >= 0.6 is 34.8 Å². The Balaban J connectivity index is 1.39. The molecule has 11 heteroatoms. The first-order chi connectivity index (χ1) is 16.9. The number of halogens is 3. The van der Waals surface area contributed by atoms with Crippen molar-refractivity contribution in [3.63, 3.8) is 0 Å². The lowest BCUT2D eigenvalue weighted by molar-refractivity contribution is -0.119. The van der Waals surface area contributed by atoms with Crippen LogP contribution in [0.5, 0.6) is 17.2 Å². The average Bonchev–Trinajstić information content (AvgIpc) is 2.85. The molecule has 35 heavy (non-hydrogen) atoms. The lowest BCUT2D eigenvalue weighted by Crippen LogP contribution is -2.25. The summed E-state index contributed by atoms with van der Waals surface area (Å²) in [5.74, 6) is -0.557. The van der Waals surface area contributed by atoms with E-state index in [9.17, 15) is 14.5 Å². The molecule has 1 aliphatic heterocycles. The molecular formula is C24H18Cl3N3O5. The molecule has 180 valence electrons. The van der Waals surface area contributed by atoms with Crippen LogP contribution in [0.1, 0.15) is 34.0 Å². The van der Waals surface area contributed by atoms with Gasteiger partial charge in [0.15, 0.2) is 0 Å². The third-order valence-corrected chi connectivity index (χ3v) is 6.20. The van der Waals surface area contributed by atoms with Gasteiger partial charge in [-0.15, -0.1) is 4.91 Å². The minimum atomic E-state index is -0.763. The number of hydrogen-bond acceptors (Lipinski definition) is 6. The predicted molar refractivity (Wildman–Crippen MR) is 132 cm³/mol. The summed E-state index contributed by atoms with van der Waals surface area (Å²) in [6.45, 7) is 0.614. The second-order valence-electron chi connectivity index (χ2n) is 7.65. The molecule has 1 atom stereocenters. The van der Waals surface area contributed by atoms with Gasteiger partial charge in [0.25, 0.3) is 11.8 Å². The smallest absolute Gasteiger partial charge is 0.294 e. The molecule has 0 spiro atoms. The van der Waals surface area contributed by atoms with Crippen LogP contribution in [0.25, 0.3) is 0 Å². The minimum Gasteiger partial charge on any atom is -0.493 e. The van der Waals surface area contributed by atoms with Gasteiger partial charge in [0.2, 0.25) is 0 Å². The lowest BCUT2D eigenvalue weighted by atomic mass is 9.92. The molecule has 2 aromatic carbocycles. The molecule has 0 saturated carbocycles. The number of fused-ring (bicyclic) bond motifs is 1. The van der Waals surface area contributed by atoms with Crippen molar-refractivity contribution in [2.45, 2.75) is 18.8 Å². The summed E-state index contributed by atoms with van der Waals surface area (Å²) in [5.41, 5.74) is 1.58. The van der Waals surface area contributed by atoms with E-state index in [0.717, 1.165) is 0 Å². The van der Waals surface area contributed by atoms with Crippen LogP contribution in [-0.2, 0) is 11.2 Å². The Morgan fingerprint density at radius 1 is 1.11 bits per heavy atom. The second-order valence-corrected chi connectivity index (χ2v) is 8.90. The fourth-order valence-corrected chi connectivity index (χ4v) is 4.30. The van der Waals surface area contributed by atoms with Crippen molar-refractivity contribution >= 4 is 46.6 Å². The molecule has 0 fully saturated rings. The van der Waals surface area contributed by atoms with Gasteiger partial charge in [0.05, 0.1) is 33.3 Å². The summed E-state index contributed by atoms with van der Waals surface area (Å²) < 4.78 is 11.5. The van der Waals surface area contributed by atoms with Crippen molar-refractivity contribution in [1.82, 2.24) is 10.3 Å². The van der Waals surface area contributed by atoms with Crippen molar-refractivity contribution in [3.8, 4) is 17.2 Å². The third-order valence-electron chi connectivity index (χ3n) is 5.37. The topological polar surface area (TPSA) is 107 Å². The van der Waals surface area contributed by atoms with Crippen molar-refractivity contribution in [2.75, 3.05) is 13.2 Å². The van der Waals surface area contributed by atoms with Crippen LogP contribution in [-0.4, -0.2) is 29.9 Å². The molecule has 1 aliphatic rings. The number of ether oxygens (including phenoxy) is 2. The lowest BCUT2D eigenvalue weighted by Gasteiger charge is -2.24. The maximum atomic E-state index is 12.4. The van der Waals surface area contributed by atoms with E-state index in [1.165, 1.54) is 6.20 Å². The zero-order chi connectivity index (χ0) is 24.9. The number of rotatable bonds is 7. The van der Waals surface area contributed by atoms with Crippen LogP contribution in [0.15, 0.2) is 53.8 Å². The Bertz CT molecular complexity index is 1280. The van der Waals surface area contributed by atoms with E-state index in [1.54, 1.807) is 42.5 Å². The molecule has 1 N–H and O–H groups in total. The SMILES string of the molecule is O=NC(=O)C1CCOc2cc(Oc3ccc(C(=O)NCCc4ncc(Cl)cc4Cl)cc3)c(Cl)cc21. The van der Waals surface area contributed by atoms with Gasteiger partial charge in [0.1, 0.15) is 17.2 Å². The maximum absolute atomic E-state index is 12.4. The highest BCUT2D eigenvalue weighted by atomic mass is 35.5. The maximum Gasteiger partial charge on any atom is 0.294 e. The Labute approximate surface area is 215 Å². The molecule has 1 aromatic heterocycles. The van der Waals surface area contributed by atoms with Crippen LogP contribution < -0.4 is 14.8 Å². The van der Waals surface area contributed by atoms with Gasteiger partial charge in [-0.3, -0.25) is 14.6 Å². The van der Waals surface area contributed by atoms with E-state index in [0.29, 0.717) is 63.5 Å². The third kappa shape index (κ3) is 5.90. The summed E-state index contributed by atoms with van der Waals surface area (Å²) in [6, 6.07) is 11.2. The Morgan fingerprint density at radius 2 is 1.89 bits per heavy atom. The summed E-state index contributed by atoms with van der Waals surface area (Å²) in [6.07, 6.45) is 2.31. The predicted octanol–water partition coefficient (Wildman–Crippen LogP) is 5.97. The first-order valence-corrected chi connectivity index (χ1v) is 11.7. The van der Waals surface area contributed by atoms with E-state index in [-0.39, 0.29) is 17.5 Å². The number of aromatic nitrogens is 1. The second kappa shape index (κ2) is 11.0. The summed E-state index contributed by atoms with van der Waals surface area (Å²) in [4.78, 5) is 39.1.